The van der Waals surface area contributed by atoms with Crippen LogP contribution in [0.2, 0.25) is 0 Å². The Bertz CT molecular complexity index is 1510. The number of rotatable bonds is 8. The number of aromatic amines is 1. The van der Waals surface area contributed by atoms with Crippen LogP contribution in [0.3, 0.4) is 0 Å². The molecular weight excluding hydrogens is 464 g/mol. The molecule has 5 aromatic rings. The molecule has 2 amide bonds. The van der Waals surface area contributed by atoms with Crippen molar-refractivity contribution in [2.75, 3.05) is 23.0 Å². The van der Waals surface area contributed by atoms with Crippen molar-refractivity contribution >= 4 is 34.1 Å². The first-order chi connectivity index (χ1) is 18.1. The van der Waals surface area contributed by atoms with Crippen molar-refractivity contribution < 1.29 is 9.53 Å². The first-order valence-corrected chi connectivity index (χ1v) is 12.1. The summed E-state index contributed by atoms with van der Waals surface area (Å²) in [6.45, 7) is 2.54. The number of benzene rings is 3. The van der Waals surface area contributed by atoms with Crippen molar-refractivity contribution in [2.24, 2.45) is 0 Å². The van der Waals surface area contributed by atoms with E-state index < -0.39 is 0 Å². The number of H-pyrrole nitrogens is 1. The minimum absolute atomic E-state index is 0.301. The maximum Gasteiger partial charge on any atom is 0.323 e. The van der Waals surface area contributed by atoms with Gasteiger partial charge in [0, 0.05) is 23.8 Å². The second kappa shape index (κ2) is 10.8. The van der Waals surface area contributed by atoms with E-state index in [2.05, 4.69) is 31.9 Å². The summed E-state index contributed by atoms with van der Waals surface area (Å²) >= 11 is 0. The molecule has 3 aromatic carbocycles. The highest BCUT2D eigenvalue weighted by Gasteiger charge is 2.15. The predicted octanol–water partition coefficient (Wildman–Crippen LogP) is 6.17. The molecule has 0 bridgehead atoms. The topological polar surface area (TPSA) is 118 Å². The number of carbonyl (C=O) groups is 1. The maximum absolute atomic E-state index is 12.4. The van der Waals surface area contributed by atoms with Gasteiger partial charge in [-0.15, -0.1) is 0 Å². The number of ether oxygens (including phenoxy) is 1. The maximum atomic E-state index is 12.4. The van der Waals surface area contributed by atoms with Crippen LogP contribution >= 0.6 is 0 Å². The number of aromatic nitrogens is 3. The van der Waals surface area contributed by atoms with E-state index in [1.54, 1.807) is 6.20 Å². The molecular formula is C29H28N6O2. The number of nitrogens with zero attached hydrogens (tertiary/aromatic N) is 2. The molecule has 0 radical (unpaired) electrons. The molecule has 8 heteroatoms. The first-order valence-electron chi connectivity index (χ1n) is 12.1. The Morgan fingerprint density at radius 1 is 1.00 bits per heavy atom. The zero-order valence-corrected chi connectivity index (χ0v) is 20.5. The molecule has 0 aliphatic heterocycles. The fourth-order valence-corrected chi connectivity index (χ4v) is 4.25. The quantitative estimate of drug-likeness (QED) is 0.193. The van der Waals surface area contributed by atoms with Gasteiger partial charge in [0.05, 0.1) is 12.0 Å². The standard InChI is InChI=1S/C29H28N6O2/c1-19-5-2-8-23(17-19)33-29(36)32-22-11-9-21(10-12-22)24-13-14-25(27-26(24)28(30)35-34-27)37-16-4-7-20-6-3-15-31-18-20/h2-3,5-6,8-15,17-18H,4,7,16H2,1H3,(H3,30,34,35)(H2,32,33,36). The molecule has 37 heavy (non-hydrogen) atoms. The largest absolute Gasteiger partial charge is 0.491 e. The van der Waals surface area contributed by atoms with E-state index >= 15 is 0 Å². The van der Waals surface area contributed by atoms with Crippen LogP contribution in [0, 0.1) is 6.92 Å². The van der Waals surface area contributed by atoms with E-state index in [0.29, 0.717) is 23.9 Å². The number of nitrogens with two attached hydrogens (primary N) is 1. The van der Waals surface area contributed by atoms with Crippen LogP contribution in [0.15, 0.2) is 85.2 Å². The van der Waals surface area contributed by atoms with Crippen LogP contribution in [-0.4, -0.2) is 27.8 Å². The van der Waals surface area contributed by atoms with Crippen molar-refractivity contribution in [1.82, 2.24) is 15.2 Å². The zero-order chi connectivity index (χ0) is 25.6. The van der Waals surface area contributed by atoms with Gasteiger partial charge in [0.2, 0.25) is 0 Å². The number of hydrogen-bond donors (Lipinski definition) is 4. The number of carbonyl (C=O) groups excluding carboxylic acids is 1. The molecule has 0 atom stereocenters. The van der Waals surface area contributed by atoms with Crippen LogP contribution < -0.4 is 21.1 Å². The number of amides is 2. The molecule has 2 heterocycles. The van der Waals surface area contributed by atoms with Crippen molar-refractivity contribution in [2.45, 2.75) is 19.8 Å². The van der Waals surface area contributed by atoms with Gasteiger partial charge in [-0.3, -0.25) is 10.1 Å². The monoisotopic (exact) mass is 492 g/mol. The number of nitrogens with one attached hydrogen (secondary N) is 3. The molecule has 5 N–H and O–H groups in total. The second-order valence-corrected chi connectivity index (χ2v) is 8.81. The van der Waals surface area contributed by atoms with Gasteiger partial charge in [-0.1, -0.05) is 30.3 Å². The molecule has 0 saturated carbocycles. The highest BCUT2D eigenvalue weighted by atomic mass is 16.5. The third-order valence-electron chi connectivity index (χ3n) is 6.03. The van der Waals surface area contributed by atoms with Crippen LogP contribution in [0.25, 0.3) is 22.0 Å². The Labute approximate surface area is 214 Å². The molecule has 0 unspecified atom stereocenters. The van der Waals surface area contributed by atoms with Crippen molar-refractivity contribution in [3.05, 3.63) is 96.3 Å². The average Bonchev–Trinajstić information content (AvgIpc) is 3.30. The Balaban J connectivity index is 1.26. The molecule has 186 valence electrons. The zero-order valence-electron chi connectivity index (χ0n) is 20.5. The fourth-order valence-electron chi connectivity index (χ4n) is 4.25. The molecule has 2 aromatic heterocycles. The van der Waals surface area contributed by atoms with E-state index in [9.17, 15) is 4.79 Å². The average molecular weight is 493 g/mol. The van der Waals surface area contributed by atoms with E-state index in [1.165, 1.54) is 5.56 Å². The summed E-state index contributed by atoms with van der Waals surface area (Å²) in [6.07, 6.45) is 5.41. The van der Waals surface area contributed by atoms with Gasteiger partial charge >= 0.3 is 6.03 Å². The summed E-state index contributed by atoms with van der Waals surface area (Å²) in [7, 11) is 0. The van der Waals surface area contributed by atoms with E-state index in [-0.39, 0.29) is 6.03 Å². The number of fused-ring (bicyclic) bond motifs is 1. The molecule has 5 rings (SSSR count). The molecule has 0 aliphatic rings. The van der Waals surface area contributed by atoms with Gasteiger partial charge in [0.15, 0.2) is 5.82 Å². The van der Waals surface area contributed by atoms with Crippen LogP contribution in [-0.2, 0) is 6.42 Å². The summed E-state index contributed by atoms with van der Waals surface area (Å²) in [5.41, 5.74) is 12.5. The van der Waals surface area contributed by atoms with Crippen molar-refractivity contribution in [1.29, 1.82) is 0 Å². The normalized spacial score (nSPS) is 10.8. The number of pyridine rings is 1. The SMILES string of the molecule is Cc1cccc(NC(=O)Nc2ccc(-c3ccc(OCCCc4cccnc4)c4[nH]nc(N)c34)cc2)c1. The number of urea groups is 1. The van der Waals surface area contributed by atoms with Gasteiger partial charge < -0.3 is 21.1 Å². The summed E-state index contributed by atoms with van der Waals surface area (Å²) < 4.78 is 6.06. The fraction of sp³-hybridized carbons (Fsp3) is 0.138. The van der Waals surface area contributed by atoms with Gasteiger partial charge in [-0.25, -0.2) is 4.79 Å². The van der Waals surface area contributed by atoms with Gasteiger partial charge in [-0.05, 0) is 84.5 Å². The summed E-state index contributed by atoms with van der Waals surface area (Å²) in [5.74, 6) is 1.12. The van der Waals surface area contributed by atoms with Gasteiger partial charge in [-0.2, -0.15) is 5.10 Å². The molecule has 0 aliphatic carbocycles. The Morgan fingerprint density at radius 2 is 1.84 bits per heavy atom. The van der Waals surface area contributed by atoms with E-state index in [1.807, 2.05) is 79.9 Å². The van der Waals surface area contributed by atoms with E-state index in [0.717, 1.165) is 46.1 Å². The molecule has 8 nitrogen and oxygen atoms in total. The molecule has 0 saturated heterocycles. The summed E-state index contributed by atoms with van der Waals surface area (Å²) in [6, 6.07) is 22.9. The number of nitrogen functional groups attached to an aromatic ring is 1. The third-order valence-corrected chi connectivity index (χ3v) is 6.03. The number of aryl methyl sites for hydroxylation is 2. The summed E-state index contributed by atoms with van der Waals surface area (Å²) in [5, 5.41) is 13.8. The third kappa shape index (κ3) is 5.70. The van der Waals surface area contributed by atoms with E-state index in [4.69, 9.17) is 10.5 Å². The lowest BCUT2D eigenvalue weighted by molar-refractivity contribution is 0.262. The van der Waals surface area contributed by atoms with Gasteiger partial charge in [0.25, 0.3) is 0 Å². The highest BCUT2D eigenvalue weighted by Crippen LogP contribution is 2.37. The first kappa shape index (κ1) is 23.9. The highest BCUT2D eigenvalue weighted by molar-refractivity contribution is 6.04. The van der Waals surface area contributed by atoms with Crippen LogP contribution in [0.1, 0.15) is 17.5 Å². The van der Waals surface area contributed by atoms with Crippen LogP contribution in [0.4, 0.5) is 22.0 Å². The number of anilines is 3. The molecule has 0 fully saturated rings. The van der Waals surface area contributed by atoms with Crippen LogP contribution in [0.5, 0.6) is 5.75 Å². The second-order valence-electron chi connectivity index (χ2n) is 8.81. The van der Waals surface area contributed by atoms with Crippen molar-refractivity contribution in [3.8, 4) is 16.9 Å². The van der Waals surface area contributed by atoms with Crippen molar-refractivity contribution in [3.63, 3.8) is 0 Å². The predicted molar refractivity (Wildman–Crippen MR) is 148 cm³/mol. The Hall–Kier alpha value is -4.85. The lowest BCUT2D eigenvalue weighted by atomic mass is 10.0. The molecule has 0 spiro atoms. The minimum Gasteiger partial charge on any atom is -0.491 e. The summed E-state index contributed by atoms with van der Waals surface area (Å²) in [4.78, 5) is 16.5. The Kier molecular flexibility index (Phi) is 6.98. The number of hydrogen-bond acceptors (Lipinski definition) is 5. The smallest absolute Gasteiger partial charge is 0.323 e. The Morgan fingerprint density at radius 3 is 2.62 bits per heavy atom. The van der Waals surface area contributed by atoms with Gasteiger partial charge in [0.1, 0.15) is 11.3 Å². The minimum atomic E-state index is -0.301. The lowest BCUT2D eigenvalue weighted by Gasteiger charge is -2.11. The lowest BCUT2D eigenvalue weighted by Crippen LogP contribution is -2.19.